The van der Waals surface area contributed by atoms with E-state index in [0.717, 1.165) is 0 Å². The Labute approximate surface area is 102 Å². The van der Waals surface area contributed by atoms with E-state index in [2.05, 4.69) is 0 Å². The zero-order chi connectivity index (χ0) is 14.7. The van der Waals surface area contributed by atoms with Gasteiger partial charge in [-0.15, -0.1) is 0 Å². The average Bonchev–Trinajstić information content (AvgIpc) is 2.08. The van der Waals surface area contributed by atoms with Crippen LogP contribution in [0.4, 0.5) is 18.0 Å². The van der Waals surface area contributed by atoms with E-state index in [0.29, 0.717) is 6.92 Å². The second kappa shape index (κ2) is 5.45. The van der Waals surface area contributed by atoms with Crippen molar-refractivity contribution in [2.45, 2.75) is 45.5 Å². The number of hydrogen-bond donors (Lipinski definition) is 2. The number of ether oxygens (including phenoxy) is 1. The highest BCUT2D eigenvalue weighted by atomic mass is 19.4. The predicted molar refractivity (Wildman–Crippen MR) is 56.0 cm³/mol. The number of carbonyl (C=O) groups is 2. The van der Waals surface area contributed by atoms with Crippen molar-refractivity contribution in [1.82, 2.24) is 5.32 Å². The average molecular weight is 271 g/mol. The number of halogens is 3. The monoisotopic (exact) mass is 271 g/mol. The van der Waals surface area contributed by atoms with Crippen molar-refractivity contribution in [1.29, 1.82) is 0 Å². The van der Waals surface area contributed by atoms with Gasteiger partial charge in [0.1, 0.15) is 11.6 Å². The summed E-state index contributed by atoms with van der Waals surface area (Å²) in [6.07, 6.45) is -5.93. The number of alkyl halides is 3. The van der Waals surface area contributed by atoms with Crippen LogP contribution in [-0.2, 0) is 9.53 Å². The summed E-state index contributed by atoms with van der Waals surface area (Å²) in [4.78, 5) is 22.0. The molecule has 0 aliphatic rings. The summed E-state index contributed by atoms with van der Waals surface area (Å²) in [5, 5.41) is 10.4. The molecule has 2 atom stereocenters. The van der Waals surface area contributed by atoms with Crippen molar-refractivity contribution in [2.75, 3.05) is 0 Å². The number of amides is 1. The molecule has 0 rings (SSSR count). The minimum absolute atomic E-state index is 0.677. The van der Waals surface area contributed by atoms with Gasteiger partial charge in [-0.05, 0) is 20.8 Å². The summed E-state index contributed by atoms with van der Waals surface area (Å²) in [6, 6.07) is -2.08. The Balaban J connectivity index is 4.76. The van der Waals surface area contributed by atoms with E-state index in [1.165, 1.54) is 20.8 Å². The highest BCUT2D eigenvalue weighted by molar-refractivity contribution is 5.80. The summed E-state index contributed by atoms with van der Waals surface area (Å²) >= 11 is 0. The molecule has 0 aliphatic carbocycles. The molecular formula is C10H16F3NO4. The molecule has 18 heavy (non-hydrogen) atoms. The molecule has 1 amide bonds. The zero-order valence-electron chi connectivity index (χ0n) is 10.5. The number of carboxylic acids is 1. The Hall–Kier alpha value is -1.47. The van der Waals surface area contributed by atoms with Crippen LogP contribution in [0.25, 0.3) is 0 Å². The molecule has 0 aromatic rings. The quantitative estimate of drug-likeness (QED) is 0.824. The lowest BCUT2D eigenvalue weighted by Crippen LogP contribution is -2.50. The zero-order valence-corrected chi connectivity index (χ0v) is 10.5. The SMILES string of the molecule is C[C@@H]([C@@H](NC(=O)OC(C)(C)C)C(=O)O)C(F)(F)F. The fourth-order valence-corrected chi connectivity index (χ4v) is 1.02. The molecule has 0 aromatic carbocycles. The first-order valence-electron chi connectivity index (χ1n) is 5.13. The largest absolute Gasteiger partial charge is 0.480 e. The van der Waals surface area contributed by atoms with Crippen LogP contribution >= 0.6 is 0 Å². The summed E-state index contributed by atoms with van der Waals surface area (Å²) in [5.74, 6) is -3.99. The van der Waals surface area contributed by atoms with E-state index in [9.17, 15) is 22.8 Å². The Morgan fingerprint density at radius 1 is 1.22 bits per heavy atom. The maximum atomic E-state index is 12.4. The van der Waals surface area contributed by atoms with E-state index >= 15 is 0 Å². The van der Waals surface area contributed by atoms with Gasteiger partial charge in [-0.1, -0.05) is 6.92 Å². The van der Waals surface area contributed by atoms with E-state index < -0.39 is 35.8 Å². The number of carboxylic acid groups (broad SMARTS) is 1. The van der Waals surface area contributed by atoms with Gasteiger partial charge in [0.05, 0.1) is 5.92 Å². The second-order valence-electron chi connectivity index (χ2n) is 4.79. The van der Waals surface area contributed by atoms with Crippen LogP contribution in [0.3, 0.4) is 0 Å². The van der Waals surface area contributed by atoms with E-state index in [1.807, 2.05) is 0 Å². The number of nitrogens with one attached hydrogen (secondary N) is 1. The van der Waals surface area contributed by atoms with Gasteiger partial charge >= 0.3 is 18.2 Å². The maximum Gasteiger partial charge on any atom is 0.408 e. The molecule has 0 saturated carbocycles. The molecule has 0 unspecified atom stereocenters. The number of aliphatic carboxylic acids is 1. The van der Waals surface area contributed by atoms with Gasteiger partial charge in [-0.3, -0.25) is 0 Å². The maximum absolute atomic E-state index is 12.4. The van der Waals surface area contributed by atoms with Crippen molar-refractivity contribution < 1.29 is 32.6 Å². The topological polar surface area (TPSA) is 75.6 Å². The highest BCUT2D eigenvalue weighted by Crippen LogP contribution is 2.28. The number of carbonyl (C=O) groups excluding carboxylic acids is 1. The molecule has 0 bridgehead atoms. The van der Waals surface area contributed by atoms with Gasteiger partial charge in [0.25, 0.3) is 0 Å². The van der Waals surface area contributed by atoms with Gasteiger partial charge in [0.2, 0.25) is 0 Å². The molecule has 8 heteroatoms. The first kappa shape index (κ1) is 16.5. The molecule has 0 heterocycles. The fourth-order valence-electron chi connectivity index (χ4n) is 1.02. The minimum atomic E-state index is -4.72. The number of hydrogen-bond acceptors (Lipinski definition) is 3. The Kier molecular flexibility index (Phi) is 5.00. The Morgan fingerprint density at radius 3 is 1.94 bits per heavy atom. The molecule has 0 aromatic heterocycles. The summed E-state index contributed by atoms with van der Waals surface area (Å²) in [7, 11) is 0. The molecule has 0 fully saturated rings. The standard InChI is InChI=1S/C10H16F3NO4/c1-5(10(11,12)13)6(7(15)16)14-8(17)18-9(2,3)4/h5-6H,1-4H3,(H,14,17)(H,15,16)/t5-,6+/m0/s1. The summed E-state index contributed by atoms with van der Waals surface area (Å²) < 4.78 is 41.9. The van der Waals surface area contributed by atoms with Crippen LogP contribution in [0.1, 0.15) is 27.7 Å². The Morgan fingerprint density at radius 2 is 1.67 bits per heavy atom. The van der Waals surface area contributed by atoms with Gasteiger partial charge in [0, 0.05) is 0 Å². The van der Waals surface area contributed by atoms with Crippen molar-refractivity contribution in [2.24, 2.45) is 5.92 Å². The van der Waals surface area contributed by atoms with Crippen LogP contribution in [0.5, 0.6) is 0 Å². The molecule has 2 N–H and O–H groups in total. The molecule has 0 spiro atoms. The van der Waals surface area contributed by atoms with Crippen molar-refractivity contribution in [3.8, 4) is 0 Å². The number of rotatable bonds is 3. The van der Waals surface area contributed by atoms with Crippen LogP contribution in [0, 0.1) is 5.92 Å². The van der Waals surface area contributed by atoms with Gasteiger partial charge < -0.3 is 15.2 Å². The van der Waals surface area contributed by atoms with E-state index in [1.54, 1.807) is 5.32 Å². The number of alkyl carbamates (subject to hydrolysis) is 1. The van der Waals surface area contributed by atoms with Crippen LogP contribution in [0.15, 0.2) is 0 Å². The lowest BCUT2D eigenvalue weighted by atomic mass is 10.0. The lowest BCUT2D eigenvalue weighted by Gasteiger charge is -2.25. The van der Waals surface area contributed by atoms with Gasteiger partial charge in [-0.2, -0.15) is 13.2 Å². The first-order chi connectivity index (χ1) is 7.84. The third kappa shape index (κ3) is 5.74. The fraction of sp³-hybridized carbons (Fsp3) is 0.800. The normalized spacial score (nSPS) is 15.7. The van der Waals surface area contributed by atoms with Crippen molar-refractivity contribution >= 4 is 12.1 Å². The molecule has 0 radical (unpaired) electrons. The van der Waals surface area contributed by atoms with E-state index in [-0.39, 0.29) is 0 Å². The van der Waals surface area contributed by atoms with Crippen LogP contribution in [0.2, 0.25) is 0 Å². The third-order valence-electron chi connectivity index (χ3n) is 1.95. The molecule has 5 nitrogen and oxygen atoms in total. The van der Waals surface area contributed by atoms with Crippen LogP contribution < -0.4 is 5.32 Å². The summed E-state index contributed by atoms with van der Waals surface area (Å²) in [5.41, 5.74) is -0.922. The van der Waals surface area contributed by atoms with Crippen molar-refractivity contribution in [3.05, 3.63) is 0 Å². The third-order valence-corrected chi connectivity index (χ3v) is 1.95. The summed E-state index contributed by atoms with van der Waals surface area (Å²) in [6.45, 7) is 5.21. The second-order valence-corrected chi connectivity index (χ2v) is 4.79. The molecular weight excluding hydrogens is 255 g/mol. The molecule has 106 valence electrons. The Bertz CT molecular complexity index is 322. The van der Waals surface area contributed by atoms with Crippen molar-refractivity contribution in [3.63, 3.8) is 0 Å². The van der Waals surface area contributed by atoms with Crippen LogP contribution in [-0.4, -0.2) is 35.0 Å². The van der Waals surface area contributed by atoms with E-state index in [4.69, 9.17) is 9.84 Å². The molecule has 0 aliphatic heterocycles. The smallest absolute Gasteiger partial charge is 0.408 e. The first-order valence-corrected chi connectivity index (χ1v) is 5.13. The minimum Gasteiger partial charge on any atom is -0.480 e. The molecule has 0 saturated heterocycles. The lowest BCUT2D eigenvalue weighted by molar-refractivity contribution is -0.184. The van der Waals surface area contributed by atoms with Gasteiger partial charge in [-0.25, -0.2) is 9.59 Å². The highest BCUT2D eigenvalue weighted by Gasteiger charge is 2.45. The predicted octanol–water partition coefficient (Wildman–Crippen LogP) is 2.16. The van der Waals surface area contributed by atoms with Gasteiger partial charge in [0.15, 0.2) is 0 Å².